The summed E-state index contributed by atoms with van der Waals surface area (Å²) < 4.78 is 27.3. The molecule has 1 fully saturated rings. The van der Waals surface area contributed by atoms with Gasteiger partial charge in [0, 0.05) is 48.7 Å². The Morgan fingerprint density at radius 3 is 2.89 bits per heavy atom. The van der Waals surface area contributed by atoms with Crippen LogP contribution in [-0.2, 0) is 6.54 Å². The Bertz CT molecular complexity index is 1650. The summed E-state index contributed by atoms with van der Waals surface area (Å²) in [4.78, 5) is 19.3. The lowest BCUT2D eigenvalue weighted by Crippen LogP contribution is -2.24. The number of allylic oxidation sites excluding steroid dienone is 2. The lowest BCUT2D eigenvalue weighted by molar-refractivity contribution is 0.0115. The number of likely N-dealkylation sites (tertiary alicyclic amines) is 1. The second kappa shape index (κ2) is 9.70. The summed E-state index contributed by atoms with van der Waals surface area (Å²) in [6.07, 6.45) is 7.07. The molecule has 0 amide bonds. The van der Waals surface area contributed by atoms with E-state index in [2.05, 4.69) is 38.2 Å². The number of nitrogens with zero attached hydrogens (tertiary/aromatic N) is 5. The van der Waals surface area contributed by atoms with Gasteiger partial charge in [-0.25, -0.2) is 18.7 Å². The number of H-pyrrole nitrogens is 2. The predicted molar refractivity (Wildman–Crippen MR) is 146 cm³/mol. The van der Waals surface area contributed by atoms with Crippen LogP contribution in [-0.4, -0.2) is 54.0 Å². The summed E-state index contributed by atoms with van der Waals surface area (Å²) >= 11 is 1.63. The molecule has 0 spiro atoms. The molecule has 2 N–H and O–H groups in total. The lowest BCUT2D eigenvalue weighted by atomic mass is 10.0. The predicted octanol–water partition coefficient (Wildman–Crippen LogP) is 6.24. The van der Waals surface area contributed by atoms with Crippen LogP contribution < -0.4 is 0 Å². The molecule has 1 saturated heterocycles. The van der Waals surface area contributed by atoms with Crippen molar-refractivity contribution in [3.63, 3.8) is 0 Å². The zero-order chi connectivity index (χ0) is 26.3. The standard InChI is InChI=1S/C28H25F2N7S/c1-3-4-21(19-7-10-38-15-19)24-17(2)32-27(34-24)26-25-23(35-36-26)6-5-22(33-25)20-11-18(12-31-13-20)14-37-9-8-28(29,30)16-37/h3-7,10-13,15H,1,8-9,14,16H2,2H3,(H,32,34)(H,35,36)/b21-4-. The van der Waals surface area contributed by atoms with Gasteiger partial charge >= 0.3 is 0 Å². The Morgan fingerprint density at radius 2 is 2.13 bits per heavy atom. The monoisotopic (exact) mass is 529 g/mol. The fourth-order valence-electron chi connectivity index (χ4n) is 4.82. The number of aryl methyl sites for hydroxylation is 1. The van der Waals surface area contributed by atoms with Crippen molar-refractivity contribution in [3.05, 3.63) is 88.7 Å². The van der Waals surface area contributed by atoms with Crippen molar-refractivity contribution in [2.24, 2.45) is 0 Å². The van der Waals surface area contributed by atoms with Crippen LogP contribution >= 0.6 is 11.3 Å². The first-order chi connectivity index (χ1) is 18.4. The van der Waals surface area contributed by atoms with Gasteiger partial charge in [0.1, 0.15) is 5.52 Å². The molecule has 0 aromatic carbocycles. The first-order valence-corrected chi connectivity index (χ1v) is 13.2. The number of aromatic amines is 2. The molecular weight excluding hydrogens is 504 g/mol. The number of alkyl halides is 2. The zero-order valence-corrected chi connectivity index (χ0v) is 21.5. The quantitative estimate of drug-likeness (QED) is 0.244. The number of hydrogen-bond acceptors (Lipinski definition) is 6. The number of nitrogens with one attached hydrogen (secondary N) is 2. The van der Waals surface area contributed by atoms with Crippen LogP contribution in [0.25, 0.3) is 39.4 Å². The molecule has 0 unspecified atom stereocenters. The third kappa shape index (κ3) is 4.68. The fraction of sp³-hybridized carbons (Fsp3) is 0.214. The van der Waals surface area contributed by atoms with Crippen molar-refractivity contribution in [2.75, 3.05) is 13.1 Å². The third-order valence-corrected chi connectivity index (χ3v) is 7.32. The van der Waals surface area contributed by atoms with Crippen molar-refractivity contribution in [1.29, 1.82) is 0 Å². The van der Waals surface area contributed by atoms with Gasteiger partial charge in [-0.1, -0.05) is 18.7 Å². The second-order valence-electron chi connectivity index (χ2n) is 9.45. The van der Waals surface area contributed by atoms with Crippen molar-refractivity contribution >= 4 is 27.9 Å². The van der Waals surface area contributed by atoms with E-state index in [1.54, 1.807) is 34.7 Å². The van der Waals surface area contributed by atoms with Crippen molar-refractivity contribution in [1.82, 2.24) is 35.0 Å². The van der Waals surface area contributed by atoms with E-state index in [9.17, 15) is 8.78 Å². The van der Waals surface area contributed by atoms with E-state index < -0.39 is 5.92 Å². The summed E-state index contributed by atoms with van der Waals surface area (Å²) in [6.45, 7) is 6.42. The smallest absolute Gasteiger partial charge is 0.261 e. The molecule has 0 radical (unpaired) electrons. The molecule has 0 bridgehead atoms. The van der Waals surface area contributed by atoms with E-state index >= 15 is 0 Å². The van der Waals surface area contributed by atoms with Gasteiger partial charge in [-0.3, -0.25) is 15.0 Å². The molecule has 5 aromatic rings. The number of rotatable bonds is 7. The molecule has 0 saturated carbocycles. The Balaban J connectivity index is 1.33. The fourth-order valence-corrected chi connectivity index (χ4v) is 5.48. The van der Waals surface area contributed by atoms with E-state index in [-0.39, 0.29) is 13.0 Å². The molecule has 38 heavy (non-hydrogen) atoms. The molecule has 192 valence electrons. The van der Waals surface area contributed by atoms with Crippen LogP contribution in [0.3, 0.4) is 0 Å². The molecule has 0 atom stereocenters. The second-order valence-corrected chi connectivity index (χ2v) is 10.2. The molecule has 1 aliphatic rings. The van der Waals surface area contributed by atoms with Gasteiger partial charge in [0.15, 0.2) is 11.5 Å². The Hall–Kier alpha value is -4.02. The third-order valence-electron chi connectivity index (χ3n) is 6.63. The van der Waals surface area contributed by atoms with Gasteiger partial charge in [-0.2, -0.15) is 16.4 Å². The maximum atomic E-state index is 13.6. The number of aromatic nitrogens is 6. The lowest BCUT2D eigenvalue weighted by Gasteiger charge is -2.15. The highest BCUT2D eigenvalue weighted by Gasteiger charge is 2.37. The minimum absolute atomic E-state index is 0.103. The molecule has 10 heteroatoms. The summed E-state index contributed by atoms with van der Waals surface area (Å²) in [5.41, 5.74) is 8.27. The van der Waals surface area contributed by atoms with Crippen LogP contribution in [0.4, 0.5) is 8.78 Å². The summed E-state index contributed by atoms with van der Waals surface area (Å²) in [5, 5.41) is 11.7. The minimum atomic E-state index is -2.62. The summed E-state index contributed by atoms with van der Waals surface area (Å²) in [6, 6.07) is 7.84. The zero-order valence-electron chi connectivity index (χ0n) is 20.7. The average molecular weight is 530 g/mol. The van der Waals surface area contributed by atoms with Gasteiger partial charge in [-0.05, 0) is 53.1 Å². The van der Waals surface area contributed by atoms with E-state index in [1.165, 1.54) is 0 Å². The van der Waals surface area contributed by atoms with E-state index in [0.29, 0.717) is 30.1 Å². The van der Waals surface area contributed by atoms with E-state index in [0.717, 1.165) is 44.9 Å². The van der Waals surface area contributed by atoms with Gasteiger partial charge in [0.05, 0.1) is 23.4 Å². The first-order valence-electron chi connectivity index (χ1n) is 12.2. The Labute approximate surface area is 222 Å². The van der Waals surface area contributed by atoms with Crippen LogP contribution in [0.2, 0.25) is 0 Å². The van der Waals surface area contributed by atoms with Crippen LogP contribution in [0.15, 0.2) is 66.2 Å². The SMILES string of the molecule is C=C/C=C(/c1ccsc1)c1nc(-c2n[nH]c3ccc(-c4cncc(CN5CCC(F)(F)C5)c4)nc23)[nH]c1C. The normalized spacial score (nSPS) is 15.9. The molecule has 7 nitrogen and oxygen atoms in total. The van der Waals surface area contributed by atoms with E-state index in [4.69, 9.17) is 9.97 Å². The van der Waals surface area contributed by atoms with Crippen LogP contribution in [0.1, 0.15) is 28.9 Å². The highest BCUT2D eigenvalue weighted by atomic mass is 32.1. The number of pyridine rings is 2. The molecule has 0 aliphatic carbocycles. The molecule has 6 rings (SSSR count). The van der Waals surface area contributed by atoms with Gasteiger partial charge < -0.3 is 4.98 Å². The number of fused-ring (bicyclic) bond motifs is 1. The number of imidazole rings is 1. The van der Waals surface area contributed by atoms with Crippen molar-refractivity contribution in [2.45, 2.75) is 25.8 Å². The number of thiophene rings is 1. The molecule has 1 aliphatic heterocycles. The minimum Gasteiger partial charge on any atom is -0.340 e. The number of hydrogen-bond donors (Lipinski definition) is 2. The van der Waals surface area contributed by atoms with Crippen LogP contribution in [0.5, 0.6) is 0 Å². The van der Waals surface area contributed by atoms with Gasteiger partial charge in [0.2, 0.25) is 0 Å². The van der Waals surface area contributed by atoms with Gasteiger partial charge in [-0.15, -0.1) is 0 Å². The first kappa shape index (κ1) is 24.3. The largest absolute Gasteiger partial charge is 0.340 e. The highest BCUT2D eigenvalue weighted by molar-refractivity contribution is 7.08. The maximum absolute atomic E-state index is 13.6. The highest BCUT2D eigenvalue weighted by Crippen LogP contribution is 2.32. The Kier molecular flexibility index (Phi) is 6.21. The molecular formula is C28H25F2N7S. The van der Waals surface area contributed by atoms with E-state index in [1.807, 2.05) is 36.6 Å². The number of halogens is 2. The summed E-state index contributed by atoms with van der Waals surface area (Å²) in [7, 11) is 0. The van der Waals surface area contributed by atoms with Crippen molar-refractivity contribution < 1.29 is 8.78 Å². The molecule has 6 heterocycles. The maximum Gasteiger partial charge on any atom is 0.261 e. The topological polar surface area (TPSA) is 86.4 Å². The average Bonchev–Trinajstić information content (AvgIpc) is 3.70. The van der Waals surface area contributed by atoms with Gasteiger partial charge in [0.25, 0.3) is 5.92 Å². The van der Waals surface area contributed by atoms with Crippen molar-refractivity contribution in [3.8, 4) is 22.8 Å². The Morgan fingerprint density at radius 1 is 1.24 bits per heavy atom. The summed E-state index contributed by atoms with van der Waals surface area (Å²) in [5.74, 6) is -2.01. The molecule has 5 aromatic heterocycles. The van der Waals surface area contributed by atoms with Crippen LogP contribution in [0, 0.1) is 6.92 Å².